The van der Waals surface area contributed by atoms with E-state index in [1.165, 1.54) is 19.4 Å². The van der Waals surface area contributed by atoms with Crippen LogP contribution in [0.3, 0.4) is 0 Å². The predicted molar refractivity (Wildman–Crippen MR) is 99.9 cm³/mol. The van der Waals surface area contributed by atoms with Gasteiger partial charge in [-0.1, -0.05) is 23.7 Å². The Morgan fingerprint density at radius 2 is 1.92 bits per heavy atom. The topological polar surface area (TPSA) is 63.2 Å². The fourth-order valence-corrected chi connectivity index (χ4v) is 2.45. The molecule has 1 amide bonds. The number of pyridine rings is 1. The molecule has 0 aliphatic carbocycles. The van der Waals surface area contributed by atoms with Crippen LogP contribution < -0.4 is 15.4 Å². The van der Waals surface area contributed by atoms with Crippen molar-refractivity contribution in [2.24, 2.45) is 0 Å². The number of anilines is 3. The number of nitrogens with zero attached hydrogens (tertiary/aromatic N) is 1. The van der Waals surface area contributed by atoms with Gasteiger partial charge in [0.2, 0.25) is 0 Å². The molecule has 0 saturated heterocycles. The molecule has 0 radical (unpaired) electrons. The normalized spacial score (nSPS) is 10.3. The van der Waals surface area contributed by atoms with Crippen LogP contribution in [0.4, 0.5) is 21.6 Å². The van der Waals surface area contributed by atoms with Crippen molar-refractivity contribution >= 4 is 34.7 Å². The van der Waals surface area contributed by atoms with Gasteiger partial charge in [-0.25, -0.2) is 9.37 Å². The van der Waals surface area contributed by atoms with Gasteiger partial charge >= 0.3 is 0 Å². The Bertz CT molecular complexity index is 932. The Kier molecular flexibility index (Phi) is 5.34. The van der Waals surface area contributed by atoms with Crippen LogP contribution in [0, 0.1) is 5.82 Å². The van der Waals surface area contributed by atoms with E-state index in [9.17, 15) is 9.18 Å². The molecule has 0 bridgehead atoms. The van der Waals surface area contributed by atoms with Crippen molar-refractivity contribution in [2.45, 2.75) is 0 Å². The number of aromatic nitrogens is 1. The summed E-state index contributed by atoms with van der Waals surface area (Å²) in [5.74, 6) is 0.167. The third-order valence-electron chi connectivity index (χ3n) is 3.57. The smallest absolute Gasteiger partial charge is 0.257 e. The summed E-state index contributed by atoms with van der Waals surface area (Å²) in [7, 11) is 1.50. The molecule has 0 spiro atoms. The highest BCUT2D eigenvalue weighted by Crippen LogP contribution is 2.28. The van der Waals surface area contributed by atoms with E-state index in [4.69, 9.17) is 16.3 Å². The van der Waals surface area contributed by atoms with E-state index >= 15 is 0 Å². The summed E-state index contributed by atoms with van der Waals surface area (Å²) in [6.45, 7) is 0. The number of halogens is 2. The molecule has 26 heavy (non-hydrogen) atoms. The summed E-state index contributed by atoms with van der Waals surface area (Å²) in [4.78, 5) is 16.5. The van der Waals surface area contributed by atoms with Crippen LogP contribution in [0.5, 0.6) is 5.75 Å². The number of methoxy groups -OCH3 is 1. The van der Waals surface area contributed by atoms with Gasteiger partial charge in [0.05, 0.1) is 24.0 Å². The maximum Gasteiger partial charge on any atom is 0.257 e. The largest absolute Gasteiger partial charge is 0.495 e. The SMILES string of the molecule is COc1ccc(Cl)cc1NC(=O)c1ccc(Nc2ccccc2F)nc1. The predicted octanol–water partition coefficient (Wildman–Crippen LogP) is 4.88. The van der Waals surface area contributed by atoms with Crippen LogP contribution in [-0.2, 0) is 0 Å². The summed E-state index contributed by atoms with van der Waals surface area (Å²) in [5.41, 5.74) is 1.10. The van der Waals surface area contributed by atoms with Gasteiger partial charge in [0, 0.05) is 11.2 Å². The second kappa shape index (κ2) is 7.84. The minimum Gasteiger partial charge on any atom is -0.495 e. The van der Waals surface area contributed by atoms with E-state index < -0.39 is 0 Å². The molecule has 2 N–H and O–H groups in total. The first-order valence-corrected chi connectivity index (χ1v) is 8.07. The van der Waals surface area contributed by atoms with Crippen molar-refractivity contribution in [2.75, 3.05) is 17.7 Å². The van der Waals surface area contributed by atoms with Crippen LogP contribution in [0.15, 0.2) is 60.8 Å². The van der Waals surface area contributed by atoms with Crippen molar-refractivity contribution < 1.29 is 13.9 Å². The maximum absolute atomic E-state index is 13.7. The zero-order valence-electron chi connectivity index (χ0n) is 13.8. The Morgan fingerprint density at radius 1 is 1.12 bits per heavy atom. The number of carbonyl (C=O) groups is 1. The first-order valence-electron chi connectivity index (χ1n) is 7.69. The molecule has 132 valence electrons. The molecule has 0 aliphatic rings. The van der Waals surface area contributed by atoms with Crippen molar-refractivity contribution in [3.05, 3.63) is 77.2 Å². The Balaban J connectivity index is 1.73. The highest BCUT2D eigenvalue weighted by molar-refractivity contribution is 6.31. The number of carbonyl (C=O) groups excluding carboxylic acids is 1. The number of hydrogen-bond acceptors (Lipinski definition) is 4. The van der Waals surface area contributed by atoms with Crippen LogP contribution in [-0.4, -0.2) is 18.0 Å². The minimum absolute atomic E-state index is 0.306. The fraction of sp³-hybridized carbons (Fsp3) is 0.0526. The van der Waals surface area contributed by atoms with E-state index in [0.717, 1.165) is 0 Å². The Morgan fingerprint density at radius 3 is 2.62 bits per heavy atom. The number of para-hydroxylation sites is 1. The number of benzene rings is 2. The summed E-state index contributed by atoms with van der Waals surface area (Å²) in [5, 5.41) is 6.06. The molecular weight excluding hydrogens is 357 g/mol. The molecule has 3 aromatic rings. The van der Waals surface area contributed by atoms with Crippen molar-refractivity contribution in [1.82, 2.24) is 4.98 Å². The molecule has 0 saturated carbocycles. The van der Waals surface area contributed by atoms with Crippen LogP contribution >= 0.6 is 11.6 Å². The lowest BCUT2D eigenvalue weighted by atomic mass is 10.2. The van der Waals surface area contributed by atoms with E-state index in [2.05, 4.69) is 15.6 Å². The van der Waals surface area contributed by atoms with Gasteiger partial charge in [-0.3, -0.25) is 4.79 Å². The first-order chi connectivity index (χ1) is 12.6. The number of rotatable bonds is 5. The summed E-state index contributed by atoms with van der Waals surface area (Å²) >= 11 is 5.96. The van der Waals surface area contributed by atoms with Gasteiger partial charge < -0.3 is 15.4 Å². The highest BCUT2D eigenvalue weighted by atomic mass is 35.5. The lowest BCUT2D eigenvalue weighted by molar-refractivity contribution is 0.102. The average Bonchev–Trinajstić information content (AvgIpc) is 2.64. The first kappa shape index (κ1) is 17.7. The number of hydrogen-bond donors (Lipinski definition) is 2. The second-order valence-electron chi connectivity index (χ2n) is 5.34. The van der Waals surface area contributed by atoms with E-state index in [-0.39, 0.29) is 11.7 Å². The molecule has 0 unspecified atom stereocenters. The third-order valence-corrected chi connectivity index (χ3v) is 3.81. The minimum atomic E-state index is -0.385. The number of amides is 1. The van der Waals surface area contributed by atoms with E-state index in [1.807, 2.05) is 0 Å². The molecule has 0 fully saturated rings. The number of ether oxygens (including phenoxy) is 1. The third kappa shape index (κ3) is 4.10. The van der Waals surface area contributed by atoms with Gasteiger partial charge in [0.15, 0.2) is 0 Å². The fourth-order valence-electron chi connectivity index (χ4n) is 2.28. The molecule has 3 rings (SSSR count). The van der Waals surface area contributed by atoms with Gasteiger partial charge in [-0.15, -0.1) is 0 Å². The second-order valence-corrected chi connectivity index (χ2v) is 5.77. The lowest BCUT2D eigenvalue weighted by Crippen LogP contribution is -2.13. The zero-order chi connectivity index (χ0) is 18.5. The Hall–Kier alpha value is -3.12. The molecule has 0 atom stereocenters. The highest BCUT2D eigenvalue weighted by Gasteiger charge is 2.11. The van der Waals surface area contributed by atoms with Crippen molar-refractivity contribution in [3.8, 4) is 5.75 Å². The molecule has 7 heteroatoms. The van der Waals surface area contributed by atoms with E-state index in [1.54, 1.807) is 48.5 Å². The molecule has 5 nitrogen and oxygen atoms in total. The van der Waals surface area contributed by atoms with Gasteiger partial charge in [0.1, 0.15) is 17.4 Å². The van der Waals surface area contributed by atoms with Crippen molar-refractivity contribution in [1.29, 1.82) is 0 Å². The summed E-state index contributed by atoms with van der Waals surface area (Å²) < 4.78 is 18.9. The average molecular weight is 372 g/mol. The summed E-state index contributed by atoms with van der Waals surface area (Å²) in [6, 6.07) is 14.4. The monoisotopic (exact) mass is 371 g/mol. The van der Waals surface area contributed by atoms with Crippen LogP contribution in [0.1, 0.15) is 10.4 Å². The molecule has 2 aromatic carbocycles. The molecule has 0 aliphatic heterocycles. The van der Waals surface area contributed by atoms with Gasteiger partial charge in [-0.05, 0) is 42.5 Å². The lowest BCUT2D eigenvalue weighted by Gasteiger charge is -2.11. The quantitative estimate of drug-likeness (QED) is 0.671. The molecule has 1 aromatic heterocycles. The van der Waals surface area contributed by atoms with Crippen molar-refractivity contribution in [3.63, 3.8) is 0 Å². The summed E-state index contributed by atoms with van der Waals surface area (Å²) in [6.07, 6.45) is 1.40. The van der Waals surface area contributed by atoms with Gasteiger partial charge in [0.25, 0.3) is 5.91 Å². The van der Waals surface area contributed by atoms with E-state index in [0.29, 0.717) is 33.5 Å². The Labute approximate surface area is 154 Å². The standard InChI is InChI=1S/C19H15ClFN3O2/c1-26-17-8-7-13(20)10-16(17)24-19(25)12-6-9-18(22-11-12)23-15-5-3-2-4-14(15)21/h2-11H,1H3,(H,22,23)(H,24,25). The van der Waals surface area contributed by atoms with Crippen LogP contribution in [0.2, 0.25) is 5.02 Å². The zero-order valence-corrected chi connectivity index (χ0v) is 14.5. The molecular formula is C19H15ClFN3O2. The maximum atomic E-state index is 13.7. The number of nitrogens with one attached hydrogen (secondary N) is 2. The van der Waals surface area contributed by atoms with Crippen LogP contribution in [0.25, 0.3) is 0 Å². The molecule has 1 heterocycles. The van der Waals surface area contributed by atoms with Gasteiger partial charge in [-0.2, -0.15) is 0 Å².